The molecule has 0 aliphatic heterocycles. The highest BCUT2D eigenvalue weighted by Crippen LogP contribution is 2.22. The van der Waals surface area contributed by atoms with Gasteiger partial charge in [-0.3, -0.25) is 0 Å². The molecule has 2 N–H and O–H groups in total. The number of anilines is 1. The van der Waals surface area contributed by atoms with E-state index in [1.807, 2.05) is 0 Å². The van der Waals surface area contributed by atoms with Gasteiger partial charge in [0.1, 0.15) is 0 Å². The van der Waals surface area contributed by atoms with Crippen molar-refractivity contribution in [3.8, 4) is 0 Å². The fraction of sp³-hybridized carbons (Fsp3) is 0.500. The Balaban J connectivity index is 1.93. The summed E-state index contributed by atoms with van der Waals surface area (Å²) >= 11 is 0. The average molecular weight is 260 g/mol. The summed E-state index contributed by atoms with van der Waals surface area (Å²) in [4.78, 5) is 2.10. The van der Waals surface area contributed by atoms with Gasteiger partial charge in [-0.1, -0.05) is 24.3 Å². The third kappa shape index (κ3) is 3.58. The fourth-order valence-electron chi connectivity index (χ4n) is 2.51. The molecule has 0 radical (unpaired) electrons. The predicted molar refractivity (Wildman–Crippen MR) is 80.4 cm³/mol. The number of nitrogens with one attached hydrogen (secondary N) is 1. The second-order valence-electron chi connectivity index (χ2n) is 5.54. The van der Waals surface area contributed by atoms with E-state index in [-0.39, 0.29) is 6.61 Å². The Kier molecular flexibility index (Phi) is 4.61. The van der Waals surface area contributed by atoms with Crippen LogP contribution >= 0.6 is 0 Å². The van der Waals surface area contributed by atoms with Crippen molar-refractivity contribution < 1.29 is 5.11 Å². The zero-order valence-corrected chi connectivity index (χ0v) is 12.0. The van der Waals surface area contributed by atoms with Gasteiger partial charge in [0.15, 0.2) is 0 Å². The van der Waals surface area contributed by atoms with Gasteiger partial charge in [-0.05, 0) is 31.0 Å². The molecule has 19 heavy (non-hydrogen) atoms. The van der Waals surface area contributed by atoms with Gasteiger partial charge in [0.2, 0.25) is 0 Å². The molecule has 0 bridgehead atoms. The van der Waals surface area contributed by atoms with Crippen molar-refractivity contribution in [3.05, 3.63) is 42.0 Å². The zero-order valence-electron chi connectivity index (χ0n) is 12.0. The van der Waals surface area contributed by atoms with E-state index in [1.165, 1.54) is 11.3 Å². The van der Waals surface area contributed by atoms with Crippen LogP contribution in [0.25, 0.3) is 0 Å². The van der Waals surface area contributed by atoms with Gasteiger partial charge in [0.25, 0.3) is 0 Å². The molecule has 3 nitrogen and oxygen atoms in total. The minimum Gasteiger partial charge on any atom is -0.396 e. The molecular weight excluding hydrogens is 236 g/mol. The first-order chi connectivity index (χ1) is 9.10. The van der Waals surface area contributed by atoms with Crippen LogP contribution in [-0.4, -0.2) is 31.9 Å². The van der Waals surface area contributed by atoms with Crippen LogP contribution in [0.5, 0.6) is 0 Å². The first kappa shape index (κ1) is 14.1. The largest absolute Gasteiger partial charge is 0.396 e. The van der Waals surface area contributed by atoms with Crippen LogP contribution in [0.3, 0.4) is 0 Å². The molecule has 0 fully saturated rings. The minimum atomic E-state index is 0.251. The smallest absolute Gasteiger partial charge is 0.0494 e. The van der Waals surface area contributed by atoms with Gasteiger partial charge >= 0.3 is 0 Å². The summed E-state index contributed by atoms with van der Waals surface area (Å²) in [5.41, 5.74) is 2.52. The first-order valence-corrected chi connectivity index (χ1v) is 6.92. The summed E-state index contributed by atoms with van der Waals surface area (Å²) in [5.74, 6) is 0.320. The van der Waals surface area contributed by atoms with E-state index in [0.29, 0.717) is 18.0 Å². The lowest BCUT2D eigenvalue weighted by Gasteiger charge is -2.20. The van der Waals surface area contributed by atoms with Crippen LogP contribution in [0.15, 0.2) is 36.4 Å². The molecule has 1 unspecified atom stereocenters. The summed E-state index contributed by atoms with van der Waals surface area (Å²) in [6, 6.07) is 9.34. The topological polar surface area (TPSA) is 35.5 Å². The van der Waals surface area contributed by atoms with Crippen LogP contribution in [0, 0.1) is 5.92 Å². The van der Waals surface area contributed by atoms with Crippen LogP contribution in [0.1, 0.15) is 24.9 Å². The maximum absolute atomic E-state index is 9.13. The SMILES string of the molecule is CC(N[C@@H]1C=C[C@H](CO)C1)c1ccc(N(C)C)cc1. The van der Waals surface area contributed by atoms with Crippen molar-refractivity contribution in [2.75, 3.05) is 25.6 Å². The Hall–Kier alpha value is -1.32. The number of rotatable bonds is 5. The van der Waals surface area contributed by atoms with E-state index in [1.54, 1.807) is 0 Å². The summed E-state index contributed by atoms with van der Waals surface area (Å²) in [7, 11) is 4.10. The maximum atomic E-state index is 9.13. The van der Waals surface area contributed by atoms with E-state index in [2.05, 4.69) is 67.7 Å². The Labute approximate surface area is 115 Å². The van der Waals surface area contributed by atoms with Crippen LogP contribution in [0.2, 0.25) is 0 Å². The molecule has 1 aliphatic carbocycles. The molecule has 0 heterocycles. The monoisotopic (exact) mass is 260 g/mol. The lowest BCUT2D eigenvalue weighted by Crippen LogP contribution is -2.29. The molecule has 104 valence electrons. The number of nitrogens with zero attached hydrogens (tertiary/aromatic N) is 1. The number of aliphatic hydroxyl groups is 1. The molecule has 0 spiro atoms. The Morgan fingerprint density at radius 3 is 2.47 bits per heavy atom. The Bertz CT molecular complexity index is 425. The van der Waals surface area contributed by atoms with E-state index in [0.717, 1.165) is 6.42 Å². The van der Waals surface area contributed by atoms with Crippen molar-refractivity contribution in [1.29, 1.82) is 0 Å². The van der Waals surface area contributed by atoms with Crippen molar-refractivity contribution in [1.82, 2.24) is 5.32 Å². The average Bonchev–Trinajstić information content (AvgIpc) is 2.86. The molecule has 0 saturated heterocycles. The van der Waals surface area contributed by atoms with Crippen LogP contribution in [0.4, 0.5) is 5.69 Å². The van der Waals surface area contributed by atoms with E-state index in [9.17, 15) is 0 Å². The van der Waals surface area contributed by atoms with Crippen molar-refractivity contribution in [2.24, 2.45) is 5.92 Å². The standard InChI is InChI=1S/C16H24N2O/c1-12(17-15-7-4-13(10-15)11-19)14-5-8-16(9-6-14)18(2)3/h4-9,12-13,15,17,19H,10-11H2,1-3H3/t12?,13-,15+/m0/s1. The lowest BCUT2D eigenvalue weighted by atomic mass is 10.0. The van der Waals surface area contributed by atoms with Gasteiger partial charge in [-0.2, -0.15) is 0 Å². The first-order valence-electron chi connectivity index (χ1n) is 6.92. The highest BCUT2D eigenvalue weighted by molar-refractivity contribution is 5.46. The van der Waals surface area contributed by atoms with Crippen molar-refractivity contribution >= 4 is 5.69 Å². The molecule has 2 rings (SSSR count). The normalized spacial score (nSPS) is 23.6. The third-order valence-electron chi connectivity index (χ3n) is 3.78. The van der Waals surface area contributed by atoms with E-state index < -0.39 is 0 Å². The Morgan fingerprint density at radius 1 is 1.26 bits per heavy atom. The second kappa shape index (κ2) is 6.22. The molecule has 3 atom stereocenters. The molecule has 0 aromatic heterocycles. The van der Waals surface area contributed by atoms with Gasteiger partial charge < -0.3 is 15.3 Å². The molecule has 1 aliphatic rings. The summed E-state index contributed by atoms with van der Waals surface area (Å²) < 4.78 is 0. The highest BCUT2D eigenvalue weighted by Gasteiger charge is 2.19. The Morgan fingerprint density at radius 2 is 1.95 bits per heavy atom. The van der Waals surface area contributed by atoms with E-state index in [4.69, 9.17) is 5.11 Å². The van der Waals surface area contributed by atoms with Crippen molar-refractivity contribution in [2.45, 2.75) is 25.4 Å². The molecule has 3 heteroatoms. The van der Waals surface area contributed by atoms with Crippen LogP contribution < -0.4 is 10.2 Å². The minimum absolute atomic E-state index is 0.251. The van der Waals surface area contributed by atoms with Gasteiger partial charge in [-0.15, -0.1) is 0 Å². The highest BCUT2D eigenvalue weighted by atomic mass is 16.3. The fourth-order valence-corrected chi connectivity index (χ4v) is 2.51. The summed E-state index contributed by atoms with van der Waals surface area (Å²) in [6.45, 7) is 2.44. The number of hydrogen-bond acceptors (Lipinski definition) is 3. The maximum Gasteiger partial charge on any atom is 0.0494 e. The van der Waals surface area contributed by atoms with Gasteiger partial charge in [0, 0.05) is 44.4 Å². The van der Waals surface area contributed by atoms with E-state index >= 15 is 0 Å². The second-order valence-corrected chi connectivity index (χ2v) is 5.54. The molecule has 1 aromatic rings. The molecule has 1 aromatic carbocycles. The van der Waals surface area contributed by atoms with Gasteiger partial charge in [0.05, 0.1) is 0 Å². The van der Waals surface area contributed by atoms with Crippen molar-refractivity contribution in [3.63, 3.8) is 0 Å². The number of hydrogen-bond donors (Lipinski definition) is 2. The zero-order chi connectivity index (χ0) is 13.8. The summed E-state index contributed by atoms with van der Waals surface area (Å²) in [5, 5.41) is 12.7. The lowest BCUT2D eigenvalue weighted by molar-refractivity contribution is 0.245. The number of aliphatic hydroxyl groups excluding tert-OH is 1. The van der Waals surface area contributed by atoms with Gasteiger partial charge in [-0.25, -0.2) is 0 Å². The molecule has 0 saturated carbocycles. The third-order valence-corrected chi connectivity index (χ3v) is 3.78. The molecule has 0 amide bonds. The number of benzene rings is 1. The quantitative estimate of drug-likeness (QED) is 0.798. The van der Waals surface area contributed by atoms with Crippen LogP contribution in [-0.2, 0) is 0 Å². The predicted octanol–water partition coefficient (Wildman–Crippen LogP) is 2.34. The summed E-state index contributed by atoms with van der Waals surface area (Å²) in [6.07, 6.45) is 5.28. The molecular formula is C16H24N2O.